The fourth-order valence-electron chi connectivity index (χ4n) is 5.00. The largest absolute Gasteiger partial charge is 0.326 e. The van der Waals surface area contributed by atoms with E-state index in [2.05, 4.69) is 118 Å². The van der Waals surface area contributed by atoms with Crippen LogP contribution in [0.1, 0.15) is 22.3 Å². The van der Waals surface area contributed by atoms with Gasteiger partial charge >= 0.3 is 0 Å². The van der Waals surface area contributed by atoms with Gasteiger partial charge in [-0.1, -0.05) is 66.7 Å². The summed E-state index contributed by atoms with van der Waals surface area (Å²) >= 11 is 0. The van der Waals surface area contributed by atoms with Crippen molar-refractivity contribution in [2.24, 2.45) is 9.98 Å². The van der Waals surface area contributed by atoms with E-state index in [4.69, 9.17) is 9.98 Å². The number of hydrogen-bond acceptors (Lipinski definition) is 6. The summed E-state index contributed by atoms with van der Waals surface area (Å²) in [4.78, 5) is 9.81. The first-order valence-corrected chi connectivity index (χ1v) is 13.3. The van der Waals surface area contributed by atoms with Gasteiger partial charge in [-0.3, -0.25) is 9.98 Å². The fourth-order valence-corrected chi connectivity index (χ4v) is 5.00. The van der Waals surface area contributed by atoms with Crippen LogP contribution in [0.4, 0.5) is 22.7 Å². The van der Waals surface area contributed by atoms with Crippen molar-refractivity contribution < 1.29 is 0 Å². The molecule has 0 radical (unpaired) electrons. The zero-order chi connectivity index (χ0) is 25.6. The predicted molar refractivity (Wildman–Crippen MR) is 160 cm³/mol. The van der Waals surface area contributed by atoms with Crippen LogP contribution in [0, 0.1) is 0 Å². The third-order valence-electron chi connectivity index (χ3n) is 6.99. The van der Waals surface area contributed by atoms with Crippen LogP contribution < -0.4 is 21.3 Å². The molecule has 2 heterocycles. The van der Waals surface area contributed by atoms with Crippen molar-refractivity contribution in [2.45, 2.75) is 25.7 Å². The maximum absolute atomic E-state index is 4.92. The van der Waals surface area contributed by atoms with Gasteiger partial charge in [-0.25, -0.2) is 0 Å². The van der Waals surface area contributed by atoms with Gasteiger partial charge in [-0.05, 0) is 78.3 Å². The Bertz CT molecular complexity index is 1490. The molecule has 0 saturated heterocycles. The second-order valence-corrected chi connectivity index (χ2v) is 9.63. The normalized spacial score (nSPS) is 15.4. The van der Waals surface area contributed by atoms with Crippen LogP contribution in [0.15, 0.2) is 107 Å². The SMILES string of the molecule is c1cc2cc(c1)NC1=NCCN=C(Nc3ccccc3CC2)Nc2ccccc2CCc2ccccc2N1. The van der Waals surface area contributed by atoms with Gasteiger partial charge in [0.25, 0.3) is 0 Å². The van der Waals surface area contributed by atoms with E-state index in [1.807, 2.05) is 0 Å². The van der Waals surface area contributed by atoms with Crippen molar-refractivity contribution in [1.29, 1.82) is 0 Å². The summed E-state index contributed by atoms with van der Waals surface area (Å²) in [6.07, 6.45) is 3.64. The summed E-state index contributed by atoms with van der Waals surface area (Å²) in [7, 11) is 0. The van der Waals surface area contributed by atoms with Crippen molar-refractivity contribution in [3.8, 4) is 0 Å². The van der Waals surface area contributed by atoms with Crippen LogP contribution in [-0.2, 0) is 25.7 Å². The Morgan fingerprint density at radius 1 is 0.447 bits per heavy atom. The lowest BCUT2D eigenvalue weighted by molar-refractivity contribution is 0.955. The van der Waals surface area contributed by atoms with Gasteiger partial charge in [0, 0.05) is 22.7 Å². The molecule has 38 heavy (non-hydrogen) atoms. The molecule has 2 aliphatic heterocycles. The van der Waals surface area contributed by atoms with E-state index in [-0.39, 0.29) is 0 Å². The standard InChI is InChI=1S/C32H32N6/c1-4-13-28-24(9-1)17-16-23-8-7-12-27(22-23)35-31-33-20-21-34-32(37-28)38-30-15-6-3-11-26(30)19-18-25-10-2-5-14-29(25)36-31/h1-15,22H,16-21H2,(H2,33,35,36)(H2,34,37,38). The zero-order valence-corrected chi connectivity index (χ0v) is 21.4. The summed E-state index contributed by atoms with van der Waals surface area (Å²) in [6.45, 7) is 1.07. The molecule has 6 heteroatoms. The van der Waals surface area contributed by atoms with Gasteiger partial charge in [0.2, 0.25) is 0 Å². The minimum absolute atomic E-state index is 0.535. The average Bonchev–Trinajstić information content (AvgIpc) is 2.94. The third kappa shape index (κ3) is 5.70. The van der Waals surface area contributed by atoms with E-state index in [0.29, 0.717) is 13.1 Å². The van der Waals surface area contributed by atoms with E-state index in [1.54, 1.807) is 0 Å². The van der Waals surface area contributed by atoms with E-state index in [9.17, 15) is 0 Å². The number of rotatable bonds is 0. The summed E-state index contributed by atoms with van der Waals surface area (Å²) < 4.78 is 0. The van der Waals surface area contributed by atoms with Gasteiger partial charge < -0.3 is 21.3 Å². The van der Waals surface area contributed by atoms with Crippen LogP contribution in [0.5, 0.6) is 0 Å². The topological polar surface area (TPSA) is 72.8 Å². The van der Waals surface area contributed by atoms with Crippen molar-refractivity contribution in [3.63, 3.8) is 0 Å². The first kappa shape index (κ1) is 23.8. The Morgan fingerprint density at radius 3 is 1.47 bits per heavy atom. The molecule has 0 unspecified atom stereocenters. The predicted octanol–water partition coefficient (Wildman–Crippen LogP) is 6.34. The summed E-state index contributed by atoms with van der Waals surface area (Å²) in [5.41, 5.74) is 9.27. The molecule has 4 bridgehead atoms. The Labute approximate surface area is 224 Å². The molecular weight excluding hydrogens is 468 g/mol. The molecule has 0 saturated carbocycles. The molecule has 4 aromatic rings. The molecule has 2 aliphatic rings. The molecule has 190 valence electrons. The zero-order valence-electron chi connectivity index (χ0n) is 21.4. The highest BCUT2D eigenvalue weighted by Crippen LogP contribution is 2.24. The molecule has 4 aromatic carbocycles. The van der Waals surface area contributed by atoms with Gasteiger partial charge in [-0.2, -0.15) is 0 Å². The Balaban J connectivity index is 1.45. The first-order valence-electron chi connectivity index (χ1n) is 13.3. The van der Waals surface area contributed by atoms with Crippen LogP contribution in [0.3, 0.4) is 0 Å². The molecule has 0 spiro atoms. The third-order valence-corrected chi connectivity index (χ3v) is 6.99. The number of para-hydroxylation sites is 3. The smallest absolute Gasteiger partial charge is 0.200 e. The van der Waals surface area contributed by atoms with Crippen LogP contribution in [0.25, 0.3) is 0 Å². The van der Waals surface area contributed by atoms with Crippen molar-refractivity contribution >= 4 is 34.7 Å². The molecule has 0 aromatic heterocycles. The fraction of sp³-hybridized carbons (Fsp3) is 0.188. The monoisotopic (exact) mass is 500 g/mol. The molecule has 0 amide bonds. The van der Waals surface area contributed by atoms with Crippen LogP contribution in [0.2, 0.25) is 0 Å². The van der Waals surface area contributed by atoms with Gasteiger partial charge in [0.05, 0.1) is 13.1 Å². The number of anilines is 4. The van der Waals surface area contributed by atoms with Crippen molar-refractivity contribution in [2.75, 3.05) is 34.4 Å². The maximum Gasteiger partial charge on any atom is 0.200 e. The highest BCUT2D eigenvalue weighted by atomic mass is 15.2. The van der Waals surface area contributed by atoms with E-state index < -0.39 is 0 Å². The highest BCUT2D eigenvalue weighted by Gasteiger charge is 2.13. The molecule has 6 rings (SSSR count). The first-order chi connectivity index (χ1) is 18.8. The molecular formula is C32H32N6. The maximum atomic E-state index is 4.92. The minimum Gasteiger partial charge on any atom is -0.326 e. The second kappa shape index (κ2) is 11.2. The molecule has 6 nitrogen and oxygen atoms in total. The van der Waals surface area contributed by atoms with Crippen LogP contribution >= 0.6 is 0 Å². The van der Waals surface area contributed by atoms with E-state index >= 15 is 0 Å². The summed E-state index contributed by atoms with van der Waals surface area (Å²) in [5.74, 6) is 1.46. The molecule has 4 N–H and O–H groups in total. The van der Waals surface area contributed by atoms with Gasteiger partial charge in [0.15, 0.2) is 11.9 Å². The lowest BCUT2D eigenvalue weighted by atomic mass is 10.0. The molecule has 0 fully saturated rings. The Morgan fingerprint density at radius 2 is 0.921 bits per heavy atom. The number of hydrogen-bond donors (Lipinski definition) is 4. The number of guanidine groups is 2. The Kier molecular flexibility index (Phi) is 7.02. The number of aryl methyl sites for hydroxylation is 4. The number of benzene rings is 4. The van der Waals surface area contributed by atoms with E-state index in [0.717, 1.165) is 60.4 Å². The number of aliphatic imine (C=N–C) groups is 2. The summed E-state index contributed by atoms with van der Waals surface area (Å²) in [5, 5.41) is 14.3. The lowest BCUT2D eigenvalue weighted by Gasteiger charge is -2.19. The van der Waals surface area contributed by atoms with Crippen molar-refractivity contribution in [3.05, 3.63) is 119 Å². The van der Waals surface area contributed by atoms with Gasteiger partial charge in [0.1, 0.15) is 0 Å². The second-order valence-electron chi connectivity index (χ2n) is 9.63. The van der Waals surface area contributed by atoms with E-state index in [1.165, 1.54) is 22.3 Å². The minimum atomic E-state index is 0.535. The quantitative estimate of drug-likeness (QED) is 0.227. The molecule has 0 atom stereocenters. The van der Waals surface area contributed by atoms with Crippen molar-refractivity contribution in [1.82, 2.24) is 0 Å². The van der Waals surface area contributed by atoms with Gasteiger partial charge in [-0.15, -0.1) is 0 Å². The van der Waals surface area contributed by atoms with Crippen LogP contribution in [-0.4, -0.2) is 25.0 Å². The number of fused-ring (bicyclic) bond motifs is 8. The lowest BCUT2D eigenvalue weighted by Crippen LogP contribution is -2.26. The molecule has 0 aliphatic carbocycles. The highest BCUT2D eigenvalue weighted by molar-refractivity contribution is 6.05. The number of nitrogens with one attached hydrogen (secondary N) is 4. The summed E-state index contributed by atoms with van der Waals surface area (Å²) in [6, 6.07) is 34.1. The average molecular weight is 501 g/mol. The Hall–Kier alpha value is -4.58. The number of nitrogens with zero attached hydrogens (tertiary/aromatic N) is 2.